The van der Waals surface area contributed by atoms with Gasteiger partial charge < -0.3 is 10.2 Å². The molecule has 1 aromatic rings. The molecule has 0 saturated heterocycles. The Labute approximate surface area is 106 Å². The van der Waals surface area contributed by atoms with E-state index in [-0.39, 0.29) is 0 Å². The van der Waals surface area contributed by atoms with Crippen LogP contribution in [0.1, 0.15) is 13.8 Å². The summed E-state index contributed by atoms with van der Waals surface area (Å²) >= 11 is 3.45. The van der Waals surface area contributed by atoms with Crippen LogP contribution >= 0.6 is 23.1 Å². The Kier molecular flexibility index (Phi) is 6.08. The van der Waals surface area contributed by atoms with Crippen LogP contribution in [0.3, 0.4) is 0 Å². The van der Waals surface area contributed by atoms with Crippen molar-refractivity contribution in [3.05, 3.63) is 0 Å². The number of anilines is 1. The number of thioether (sulfide) groups is 1. The van der Waals surface area contributed by atoms with Crippen molar-refractivity contribution in [2.24, 2.45) is 5.92 Å². The minimum atomic E-state index is 0.664. The lowest BCUT2D eigenvalue weighted by Crippen LogP contribution is -2.21. The predicted molar refractivity (Wildman–Crippen MR) is 72.7 cm³/mol. The molecule has 0 aliphatic rings. The molecule has 1 unspecified atom stereocenters. The summed E-state index contributed by atoms with van der Waals surface area (Å²) in [6, 6.07) is 0. The smallest absolute Gasteiger partial charge is 0.208 e. The van der Waals surface area contributed by atoms with E-state index in [1.54, 1.807) is 23.1 Å². The molecule has 0 aliphatic heterocycles. The third-order valence-corrected chi connectivity index (χ3v) is 4.57. The van der Waals surface area contributed by atoms with Crippen molar-refractivity contribution < 1.29 is 0 Å². The summed E-state index contributed by atoms with van der Waals surface area (Å²) < 4.78 is 1.06. The fourth-order valence-electron chi connectivity index (χ4n) is 1.10. The first-order valence-corrected chi connectivity index (χ1v) is 7.28. The summed E-state index contributed by atoms with van der Waals surface area (Å²) in [6.45, 7) is 6.50. The van der Waals surface area contributed by atoms with Crippen LogP contribution in [-0.4, -0.2) is 43.1 Å². The van der Waals surface area contributed by atoms with Gasteiger partial charge in [0, 0.05) is 19.8 Å². The second-order valence-corrected chi connectivity index (χ2v) is 6.19. The van der Waals surface area contributed by atoms with Crippen molar-refractivity contribution in [1.29, 1.82) is 0 Å². The Morgan fingerprint density at radius 1 is 1.44 bits per heavy atom. The van der Waals surface area contributed by atoms with Crippen LogP contribution in [0.25, 0.3) is 0 Å². The lowest BCUT2D eigenvalue weighted by Gasteiger charge is -2.09. The molecule has 0 saturated carbocycles. The van der Waals surface area contributed by atoms with Gasteiger partial charge in [0.1, 0.15) is 0 Å². The fourth-order valence-corrected chi connectivity index (χ4v) is 2.91. The average Bonchev–Trinajstić information content (AvgIpc) is 2.72. The van der Waals surface area contributed by atoms with Gasteiger partial charge in [-0.2, -0.15) is 0 Å². The zero-order valence-electron chi connectivity index (χ0n) is 10.4. The van der Waals surface area contributed by atoms with Crippen LogP contribution in [0.2, 0.25) is 0 Å². The molecule has 1 aromatic heterocycles. The fraction of sp³-hybridized carbons (Fsp3) is 0.800. The third kappa shape index (κ3) is 4.67. The van der Waals surface area contributed by atoms with E-state index in [2.05, 4.69) is 29.4 Å². The Morgan fingerprint density at radius 3 is 2.75 bits per heavy atom. The molecular formula is C10H20N4S2. The predicted octanol–water partition coefficient (Wildman–Crippen LogP) is 1.94. The summed E-state index contributed by atoms with van der Waals surface area (Å²) in [7, 11) is 3.98. The first-order valence-electron chi connectivity index (χ1n) is 5.47. The van der Waals surface area contributed by atoms with E-state index in [0.29, 0.717) is 5.92 Å². The van der Waals surface area contributed by atoms with E-state index in [1.165, 1.54) is 0 Å². The summed E-state index contributed by atoms with van der Waals surface area (Å²) in [6.07, 6.45) is 0. The van der Waals surface area contributed by atoms with E-state index in [0.717, 1.165) is 28.3 Å². The zero-order chi connectivity index (χ0) is 12.0. The Hall–Kier alpha value is -0.330. The number of hydrogen-bond acceptors (Lipinski definition) is 6. The van der Waals surface area contributed by atoms with Crippen LogP contribution in [-0.2, 0) is 0 Å². The molecular weight excluding hydrogens is 240 g/mol. The number of rotatable bonds is 7. The molecule has 1 heterocycles. The minimum absolute atomic E-state index is 0.664. The number of aromatic nitrogens is 2. The molecule has 0 bridgehead atoms. The molecule has 0 aliphatic carbocycles. The largest absolute Gasteiger partial charge is 0.353 e. The van der Waals surface area contributed by atoms with Gasteiger partial charge in [-0.1, -0.05) is 36.9 Å². The monoisotopic (exact) mass is 260 g/mol. The molecule has 4 nitrogen and oxygen atoms in total. The maximum absolute atomic E-state index is 4.16. The van der Waals surface area contributed by atoms with E-state index >= 15 is 0 Å². The molecule has 0 spiro atoms. The molecule has 16 heavy (non-hydrogen) atoms. The van der Waals surface area contributed by atoms with Crippen molar-refractivity contribution in [3.8, 4) is 0 Å². The van der Waals surface area contributed by atoms with Crippen molar-refractivity contribution in [1.82, 2.24) is 15.5 Å². The minimum Gasteiger partial charge on any atom is -0.353 e. The van der Waals surface area contributed by atoms with E-state index in [1.807, 2.05) is 19.0 Å². The van der Waals surface area contributed by atoms with Crippen LogP contribution < -0.4 is 10.2 Å². The van der Waals surface area contributed by atoms with Gasteiger partial charge in [-0.25, -0.2) is 0 Å². The summed E-state index contributed by atoms with van der Waals surface area (Å²) in [5.74, 6) is 1.76. The molecule has 1 N–H and O–H groups in total. The van der Waals surface area contributed by atoms with Gasteiger partial charge in [0.25, 0.3) is 0 Å². The maximum atomic E-state index is 4.16. The maximum Gasteiger partial charge on any atom is 0.208 e. The highest BCUT2D eigenvalue weighted by Crippen LogP contribution is 2.27. The van der Waals surface area contributed by atoms with Crippen LogP contribution in [0, 0.1) is 5.92 Å². The molecule has 1 atom stereocenters. The van der Waals surface area contributed by atoms with E-state index < -0.39 is 0 Å². The Bertz CT molecular complexity index is 301. The lowest BCUT2D eigenvalue weighted by molar-refractivity contribution is 0.574. The molecule has 0 radical (unpaired) electrons. The molecule has 0 amide bonds. The van der Waals surface area contributed by atoms with Crippen LogP contribution in [0.15, 0.2) is 4.34 Å². The van der Waals surface area contributed by atoms with Gasteiger partial charge in [0.15, 0.2) is 4.34 Å². The van der Waals surface area contributed by atoms with Gasteiger partial charge in [-0.05, 0) is 19.0 Å². The first kappa shape index (κ1) is 13.7. The SMILES string of the molecule is CCNCC(C)CSc1nnc(N(C)C)s1. The highest BCUT2D eigenvalue weighted by molar-refractivity contribution is 8.01. The van der Waals surface area contributed by atoms with Gasteiger partial charge >= 0.3 is 0 Å². The standard InChI is InChI=1S/C10H20N4S2/c1-5-11-6-8(2)7-15-10-13-12-9(16-10)14(3)4/h8,11H,5-7H2,1-4H3. The van der Waals surface area contributed by atoms with Crippen LogP contribution in [0.5, 0.6) is 0 Å². The quantitative estimate of drug-likeness (QED) is 0.759. The highest BCUT2D eigenvalue weighted by Gasteiger charge is 2.08. The third-order valence-electron chi connectivity index (χ3n) is 2.01. The number of hydrogen-bond donors (Lipinski definition) is 1. The Balaban J connectivity index is 2.31. The second kappa shape index (κ2) is 7.09. The summed E-state index contributed by atoms with van der Waals surface area (Å²) in [5.41, 5.74) is 0. The normalized spacial score (nSPS) is 12.8. The molecule has 92 valence electrons. The summed E-state index contributed by atoms with van der Waals surface area (Å²) in [4.78, 5) is 1.99. The molecule has 0 fully saturated rings. The van der Waals surface area contributed by atoms with Gasteiger partial charge in [0.2, 0.25) is 5.13 Å². The van der Waals surface area contributed by atoms with Crippen LogP contribution in [0.4, 0.5) is 5.13 Å². The number of nitrogens with one attached hydrogen (secondary N) is 1. The first-order chi connectivity index (χ1) is 7.63. The van der Waals surface area contributed by atoms with Gasteiger partial charge in [-0.15, -0.1) is 10.2 Å². The molecule has 6 heteroatoms. The highest BCUT2D eigenvalue weighted by atomic mass is 32.2. The summed E-state index contributed by atoms with van der Waals surface area (Å²) in [5, 5.41) is 12.6. The van der Waals surface area contributed by atoms with E-state index in [4.69, 9.17) is 0 Å². The topological polar surface area (TPSA) is 41.1 Å². The van der Waals surface area contributed by atoms with E-state index in [9.17, 15) is 0 Å². The lowest BCUT2D eigenvalue weighted by atomic mass is 10.2. The molecule has 1 rings (SSSR count). The van der Waals surface area contributed by atoms with Gasteiger partial charge in [0.05, 0.1) is 0 Å². The molecule has 0 aromatic carbocycles. The Morgan fingerprint density at radius 2 is 2.19 bits per heavy atom. The van der Waals surface area contributed by atoms with Crippen molar-refractivity contribution >= 4 is 28.2 Å². The second-order valence-electron chi connectivity index (χ2n) is 3.97. The zero-order valence-corrected chi connectivity index (χ0v) is 12.0. The van der Waals surface area contributed by atoms with Gasteiger partial charge in [-0.3, -0.25) is 0 Å². The van der Waals surface area contributed by atoms with Crippen molar-refractivity contribution in [2.75, 3.05) is 37.8 Å². The van der Waals surface area contributed by atoms with Crippen molar-refractivity contribution in [2.45, 2.75) is 18.2 Å². The average molecular weight is 260 g/mol. The van der Waals surface area contributed by atoms with Crippen molar-refractivity contribution in [3.63, 3.8) is 0 Å². The number of nitrogens with zero attached hydrogens (tertiary/aromatic N) is 3.